The molecule has 4 nitrogen and oxygen atoms in total. The molecular weight excluding hydrogens is 387 g/mol. The van der Waals surface area contributed by atoms with Crippen molar-refractivity contribution in [1.82, 2.24) is 10.2 Å². The average molecular weight is 403 g/mol. The zero-order valence-corrected chi connectivity index (χ0v) is 15.7. The van der Waals surface area contributed by atoms with Gasteiger partial charge in [0, 0.05) is 17.7 Å². The van der Waals surface area contributed by atoms with Gasteiger partial charge in [0.15, 0.2) is 0 Å². The Kier molecular flexibility index (Phi) is 4.66. The normalized spacial score (nSPS) is 15.0. The van der Waals surface area contributed by atoms with Gasteiger partial charge in [-0.05, 0) is 41.3 Å². The van der Waals surface area contributed by atoms with E-state index in [4.69, 9.17) is 0 Å². The summed E-state index contributed by atoms with van der Waals surface area (Å²) in [6.45, 7) is 1.96. The summed E-state index contributed by atoms with van der Waals surface area (Å²) in [5.41, 5.74) is 2.66. The molecule has 0 saturated heterocycles. The standard InChI is InChI=1S/C20H16F3N3OS/c1-12(8-18-25-24-11-28-18)13-4-2-5-14(9-13)26-10-16-15(19(26)27)6-3-7-17(16)20(21,22)23/h2-7,9,11-12H,8,10H2,1H3. The van der Waals surface area contributed by atoms with E-state index in [1.807, 2.05) is 25.1 Å². The van der Waals surface area contributed by atoms with Crippen molar-refractivity contribution in [1.29, 1.82) is 0 Å². The van der Waals surface area contributed by atoms with Crippen molar-refractivity contribution in [3.63, 3.8) is 0 Å². The molecule has 0 spiro atoms. The van der Waals surface area contributed by atoms with Crippen molar-refractivity contribution < 1.29 is 18.0 Å². The molecule has 0 fully saturated rings. The number of benzene rings is 2. The van der Waals surface area contributed by atoms with Gasteiger partial charge in [0.05, 0.1) is 12.1 Å². The maximum atomic E-state index is 13.3. The van der Waals surface area contributed by atoms with Crippen LogP contribution in [0.15, 0.2) is 48.0 Å². The van der Waals surface area contributed by atoms with Gasteiger partial charge < -0.3 is 4.90 Å². The van der Waals surface area contributed by atoms with Crippen LogP contribution in [0.5, 0.6) is 0 Å². The minimum atomic E-state index is -4.49. The van der Waals surface area contributed by atoms with Crippen molar-refractivity contribution in [3.05, 3.63) is 75.2 Å². The number of carbonyl (C=O) groups excluding carboxylic acids is 1. The highest BCUT2D eigenvalue weighted by Gasteiger charge is 2.39. The van der Waals surface area contributed by atoms with E-state index in [-0.39, 0.29) is 23.6 Å². The second-order valence-electron chi connectivity index (χ2n) is 6.75. The van der Waals surface area contributed by atoms with Crippen LogP contribution in [0.2, 0.25) is 0 Å². The molecule has 144 valence electrons. The molecule has 1 atom stereocenters. The van der Waals surface area contributed by atoms with Crippen LogP contribution in [0.3, 0.4) is 0 Å². The third-order valence-corrected chi connectivity index (χ3v) is 5.63. The highest BCUT2D eigenvalue weighted by atomic mass is 32.1. The van der Waals surface area contributed by atoms with Gasteiger partial charge in [-0.15, -0.1) is 21.5 Å². The molecule has 0 radical (unpaired) electrons. The first kappa shape index (κ1) is 18.6. The minimum absolute atomic E-state index is 0.0345. The Morgan fingerprint density at radius 2 is 2.00 bits per heavy atom. The number of anilines is 1. The number of carbonyl (C=O) groups is 1. The summed E-state index contributed by atoms with van der Waals surface area (Å²) < 4.78 is 39.9. The molecular formula is C20H16F3N3OS. The third-order valence-electron chi connectivity index (χ3n) is 4.91. The van der Waals surface area contributed by atoms with Gasteiger partial charge in [-0.25, -0.2) is 0 Å². The summed E-state index contributed by atoms with van der Waals surface area (Å²) in [6, 6.07) is 11.1. The maximum Gasteiger partial charge on any atom is 0.416 e. The van der Waals surface area contributed by atoms with E-state index in [9.17, 15) is 18.0 Å². The number of hydrogen-bond acceptors (Lipinski definition) is 4. The van der Waals surface area contributed by atoms with Gasteiger partial charge in [0.25, 0.3) is 5.91 Å². The Labute approximate surface area is 163 Å². The van der Waals surface area contributed by atoms with Gasteiger partial charge in [0.1, 0.15) is 10.5 Å². The van der Waals surface area contributed by atoms with Crippen LogP contribution in [-0.2, 0) is 19.1 Å². The van der Waals surface area contributed by atoms with Crippen LogP contribution in [0.1, 0.15) is 44.9 Å². The summed E-state index contributed by atoms with van der Waals surface area (Å²) >= 11 is 1.48. The molecule has 0 saturated carbocycles. The number of halogens is 3. The SMILES string of the molecule is CC(Cc1nncs1)c1cccc(N2Cc3c(cccc3C(F)(F)F)C2=O)c1. The molecule has 0 bridgehead atoms. The Balaban J connectivity index is 1.63. The van der Waals surface area contributed by atoms with Gasteiger partial charge in [-0.3, -0.25) is 4.79 Å². The van der Waals surface area contributed by atoms with Gasteiger partial charge in [-0.1, -0.05) is 25.1 Å². The van der Waals surface area contributed by atoms with Crippen molar-refractivity contribution in [3.8, 4) is 0 Å². The number of fused-ring (bicyclic) bond motifs is 1. The number of nitrogens with zero attached hydrogens (tertiary/aromatic N) is 3. The van der Waals surface area contributed by atoms with Crippen molar-refractivity contribution in [2.24, 2.45) is 0 Å². The lowest BCUT2D eigenvalue weighted by molar-refractivity contribution is -0.138. The Bertz CT molecular complexity index is 1020. The minimum Gasteiger partial charge on any atom is -0.304 e. The molecule has 2 aromatic carbocycles. The molecule has 0 N–H and O–H groups in total. The molecule has 1 aromatic heterocycles. The van der Waals surface area contributed by atoms with Crippen LogP contribution in [0.25, 0.3) is 0 Å². The Morgan fingerprint density at radius 1 is 1.21 bits per heavy atom. The van der Waals surface area contributed by atoms with Gasteiger partial charge in [-0.2, -0.15) is 13.2 Å². The van der Waals surface area contributed by atoms with E-state index in [1.54, 1.807) is 11.6 Å². The number of rotatable bonds is 4. The molecule has 2 heterocycles. The van der Waals surface area contributed by atoms with Crippen LogP contribution >= 0.6 is 11.3 Å². The van der Waals surface area contributed by atoms with E-state index in [1.165, 1.54) is 28.4 Å². The molecule has 3 aromatic rings. The summed E-state index contributed by atoms with van der Waals surface area (Å²) in [4.78, 5) is 14.2. The van der Waals surface area contributed by atoms with Crippen LogP contribution in [0, 0.1) is 0 Å². The zero-order chi connectivity index (χ0) is 19.9. The van der Waals surface area contributed by atoms with Crippen molar-refractivity contribution in [2.45, 2.75) is 32.0 Å². The summed E-state index contributed by atoms with van der Waals surface area (Å²) in [7, 11) is 0. The van der Waals surface area contributed by atoms with Crippen molar-refractivity contribution >= 4 is 22.9 Å². The van der Waals surface area contributed by atoms with Crippen LogP contribution in [-0.4, -0.2) is 16.1 Å². The van der Waals surface area contributed by atoms with Crippen LogP contribution < -0.4 is 4.90 Å². The molecule has 1 aliphatic rings. The molecule has 1 unspecified atom stereocenters. The fourth-order valence-electron chi connectivity index (χ4n) is 3.47. The molecule has 1 aliphatic heterocycles. The van der Waals surface area contributed by atoms with E-state index >= 15 is 0 Å². The lowest BCUT2D eigenvalue weighted by Crippen LogP contribution is -2.23. The van der Waals surface area contributed by atoms with E-state index < -0.39 is 17.6 Å². The van der Waals surface area contributed by atoms with E-state index in [0.717, 1.165) is 16.6 Å². The lowest BCUT2D eigenvalue weighted by atomic mass is 9.97. The van der Waals surface area contributed by atoms with Crippen molar-refractivity contribution in [2.75, 3.05) is 4.90 Å². The predicted octanol–water partition coefficient (Wildman–Crippen LogP) is 5.06. The summed E-state index contributed by atoms with van der Waals surface area (Å²) in [5, 5.41) is 8.80. The molecule has 0 aliphatic carbocycles. The first-order valence-corrected chi connectivity index (χ1v) is 9.58. The Morgan fingerprint density at radius 3 is 2.71 bits per heavy atom. The second-order valence-corrected chi connectivity index (χ2v) is 7.67. The number of amides is 1. The second kappa shape index (κ2) is 7.01. The molecule has 8 heteroatoms. The smallest absolute Gasteiger partial charge is 0.304 e. The summed E-state index contributed by atoms with van der Waals surface area (Å²) in [6.07, 6.45) is -3.78. The number of aromatic nitrogens is 2. The Hall–Kier alpha value is -2.74. The topological polar surface area (TPSA) is 46.1 Å². The largest absolute Gasteiger partial charge is 0.416 e. The number of alkyl halides is 3. The third kappa shape index (κ3) is 3.40. The van der Waals surface area contributed by atoms with Gasteiger partial charge in [0.2, 0.25) is 0 Å². The lowest BCUT2D eigenvalue weighted by Gasteiger charge is -2.19. The maximum absolute atomic E-state index is 13.3. The fraction of sp³-hybridized carbons (Fsp3) is 0.250. The van der Waals surface area contributed by atoms with Crippen LogP contribution in [0.4, 0.5) is 18.9 Å². The quantitative estimate of drug-likeness (QED) is 0.612. The highest BCUT2D eigenvalue weighted by molar-refractivity contribution is 7.09. The van der Waals surface area contributed by atoms with E-state index in [0.29, 0.717) is 12.1 Å². The number of hydrogen-bond donors (Lipinski definition) is 0. The van der Waals surface area contributed by atoms with E-state index in [2.05, 4.69) is 10.2 Å². The first-order chi connectivity index (χ1) is 13.3. The molecule has 4 rings (SSSR count). The first-order valence-electron chi connectivity index (χ1n) is 8.70. The average Bonchev–Trinajstić information content (AvgIpc) is 3.29. The molecule has 1 amide bonds. The van der Waals surface area contributed by atoms with Gasteiger partial charge >= 0.3 is 6.18 Å². The monoisotopic (exact) mass is 403 g/mol. The zero-order valence-electron chi connectivity index (χ0n) is 14.9. The molecule has 28 heavy (non-hydrogen) atoms. The fourth-order valence-corrected chi connectivity index (χ4v) is 4.13. The summed E-state index contributed by atoms with van der Waals surface area (Å²) in [5.74, 6) is -0.270. The highest BCUT2D eigenvalue weighted by Crippen LogP contribution is 2.38. The predicted molar refractivity (Wildman–Crippen MR) is 100 cm³/mol.